The van der Waals surface area contributed by atoms with Gasteiger partial charge >= 0.3 is 0 Å². The zero-order valence-corrected chi connectivity index (χ0v) is 13.2. The number of aryl methyl sites for hydroxylation is 3. The maximum Gasteiger partial charge on any atom is 0.0421 e. The zero-order chi connectivity index (χ0) is 14.9. The Labute approximate surface area is 128 Å². The summed E-state index contributed by atoms with van der Waals surface area (Å²) in [6.45, 7) is 4.27. The maximum absolute atomic E-state index is 6.64. The highest BCUT2D eigenvalue weighted by Gasteiger charge is 2.23. The van der Waals surface area contributed by atoms with Crippen molar-refractivity contribution in [2.24, 2.45) is 5.73 Å². The van der Waals surface area contributed by atoms with E-state index in [0.29, 0.717) is 0 Å². The van der Waals surface area contributed by atoms with Gasteiger partial charge in [-0.15, -0.1) is 0 Å². The first-order valence-corrected chi connectivity index (χ1v) is 8.01. The Morgan fingerprint density at radius 3 is 2.33 bits per heavy atom. The minimum Gasteiger partial charge on any atom is -0.321 e. The molecule has 1 heteroatoms. The van der Waals surface area contributed by atoms with E-state index in [0.717, 1.165) is 6.42 Å². The molecule has 1 unspecified atom stereocenters. The summed E-state index contributed by atoms with van der Waals surface area (Å²) in [6, 6.07) is 15.6. The Kier molecular flexibility index (Phi) is 3.86. The summed E-state index contributed by atoms with van der Waals surface area (Å²) in [5.74, 6) is 0. The molecule has 0 heterocycles. The van der Waals surface area contributed by atoms with Gasteiger partial charge in [0, 0.05) is 5.54 Å². The van der Waals surface area contributed by atoms with Crippen LogP contribution in [0.2, 0.25) is 0 Å². The third kappa shape index (κ3) is 3.19. The van der Waals surface area contributed by atoms with Crippen molar-refractivity contribution < 1.29 is 0 Å². The number of hydrogen-bond acceptors (Lipinski definition) is 1. The summed E-state index contributed by atoms with van der Waals surface area (Å²) < 4.78 is 0. The van der Waals surface area contributed by atoms with Crippen LogP contribution in [0.5, 0.6) is 0 Å². The van der Waals surface area contributed by atoms with Gasteiger partial charge in [0.15, 0.2) is 0 Å². The zero-order valence-electron chi connectivity index (χ0n) is 13.2. The van der Waals surface area contributed by atoms with Gasteiger partial charge in [-0.25, -0.2) is 0 Å². The largest absolute Gasteiger partial charge is 0.321 e. The molecule has 3 rings (SSSR count). The van der Waals surface area contributed by atoms with Gasteiger partial charge < -0.3 is 5.73 Å². The van der Waals surface area contributed by atoms with Gasteiger partial charge in [-0.1, -0.05) is 48.0 Å². The Balaban J connectivity index is 1.85. The van der Waals surface area contributed by atoms with Crippen molar-refractivity contribution in [2.75, 3.05) is 0 Å². The van der Waals surface area contributed by atoms with Crippen LogP contribution in [0.4, 0.5) is 0 Å². The van der Waals surface area contributed by atoms with Crippen molar-refractivity contribution in [3.63, 3.8) is 0 Å². The van der Waals surface area contributed by atoms with Gasteiger partial charge in [0.1, 0.15) is 0 Å². The lowest BCUT2D eigenvalue weighted by Crippen LogP contribution is -2.35. The molecule has 0 spiro atoms. The van der Waals surface area contributed by atoms with Crippen LogP contribution in [0.25, 0.3) is 0 Å². The lowest BCUT2D eigenvalue weighted by atomic mass is 9.82. The molecular weight excluding hydrogens is 254 g/mol. The fraction of sp³-hybridized carbons (Fsp3) is 0.400. The Morgan fingerprint density at radius 1 is 0.952 bits per heavy atom. The van der Waals surface area contributed by atoms with Crippen molar-refractivity contribution in [1.82, 2.24) is 0 Å². The average Bonchev–Trinajstić information content (AvgIpc) is 2.49. The van der Waals surface area contributed by atoms with Crippen LogP contribution in [0.1, 0.15) is 47.6 Å². The van der Waals surface area contributed by atoms with E-state index in [4.69, 9.17) is 5.73 Å². The van der Waals surface area contributed by atoms with Crippen LogP contribution in [-0.4, -0.2) is 0 Å². The summed E-state index contributed by atoms with van der Waals surface area (Å²) >= 11 is 0. The van der Waals surface area contributed by atoms with Crippen LogP contribution >= 0.6 is 0 Å². The first kappa shape index (κ1) is 14.3. The average molecular weight is 279 g/mol. The van der Waals surface area contributed by atoms with Gasteiger partial charge in [-0.2, -0.15) is 0 Å². The Hall–Kier alpha value is -1.60. The van der Waals surface area contributed by atoms with Crippen molar-refractivity contribution in [3.05, 3.63) is 70.3 Å². The molecule has 0 aromatic heterocycles. The molecule has 2 aromatic carbocycles. The molecule has 1 atom stereocenters. The summed E-state index contributed by atoms with van der Waals surface area (Å²) in [4.78, 5) is 0. The SMILES string of the molecule is Cc1ccc(CC(C)(N)c2ccc3c(c2)CCCC3)cc1. The Bertz CT molecular complexity index is 623. The van der Waals surface area contributed by atoms with Gasteiger partial charge in [0.25, 0.3) is 0 Å². The number of rotatable bonds is 3. The van der Waals surface area contributed by atoms with Gasteiger partial charge in [-0.05, 0) is 68.2 Å². The molecule has 2 N–H and O–H groups in total. The van der Waals surface area contributed by atoms with Gasteiger partial charge in [-0.3, -0.25) is 0 Å². The van der Waals surface area contributed by atoms with Crippen LogP contribution in [0.3, 0.4) is 0 Å². The fourth-order valence-electron chi connectivity index (χ4n) is 3.32. The van der Waals surface area contributed by atoms with Crippen LogP contribution in [-0.2, 0) is 24.8 Å². The Morgan fingerprint density at radius 2 is 1.62 bits per heavy atom. The topological polar surface area (TPSA) is 26.0 Å². The highest BCUT2D eigenvalue weighted by molar-refractivity contribution is 5.38. The van der Waals surface area contributed by atoms with Crippen LogP contribution in [0, 0.1) is 6.92 Å². The summed E-state index contributed by atoms with van der Waals surface area (Å²) in [6.07, 6.45) is 5.97. The second-order valence-corrected chi connectivity index (χ2v) is 6.77. The predicted octanol–water partition coefficient (Wildman–Crippen LogP) is 4.29. The highest BCUT2D eigenvalue weighted by atomic mass is 14.7. The lowest BCUT2D eigenvalue weighted by molar-refractivity contribution is 0.490. The number of hydrogen-bond donors (Lipinski definition) is 1. The van der Waals surface area contributed by atoms with Crippen molar-refractivity contribution >= 4 is 0 Å². The molecule has 0 radical (unpaired) electrons. The molecule has 0 aliphatic heterocycles. The molecule has 110 valence electrons. The molecule has 0 saturated carbocycles. The smallest absolute Gasteiger partial charge is 0.0421 e. The third-order valence-corrected chi connectivity index (χ3v) is 4.70. The predicted molar refractivity (Wildman–Crippen MR) is 89.5 cm³/mol. The van der Waals surface area contributed by atoms with Crippen molar-refractivity contribution in [2.45, 2.75) is 51.5 Å². The molecular formula is C20H25N. The molecule has 0 saturated heterocycles. The quantitative estimate of drug-likeness (QED) is 0.891. The number of nitrogens with two attached hydrogens (primary N) is 1. The van der Waals surface area contributed by atoms with E-state index in [1.54, 1.807) is 0 Å². The normalized spacial score (nSPS) is 17.1. The van der Waals surface area contributed by atoms with E-state index < -0.39 is 0 Å². The molecule has 2 aromatic rings. The third-order valence-electron chi connectivity index (χ3n) is 4.70. The standard InChI is InChI=1S/C20H25N/c1-15-7-9-16(10-8-15)14-20(2,21)19-12-11-17-5-3-4-6-18(17)13-19/h7-13H,3-6,14,21H2,1-2H3. The van der Waals surface area contributed by atoms with E-state index in [9.17, 15) is 0 Å². The van der Waals surface area contributed by atoms with E-state index >= 15 is 0 Å². The molecule has 0 fully saturated rings. The molecule has 0 amide bonds. The number of fused-ring (bicyclic) bond motifs is 1. The first-order valence-electron chi connectivity index (χ1n) is 8.01. The van der Waals surface area contributed by atoms with Crippen molar-refractivity contribution in [3.8, 4) is 0 Å². The van der Waals surface area contributed by atoms with E-state index in [2.05, 4.69) is 56.3 Å². The minimum absolute atomic E-state index is 0.304. The number of benzene rings is 2. The summed E-state index contributed by atoms with van der Waals surface area (Å²) in [5, 5.41) is 0. The first-order chi connectivity index (χ1) is 10.0. The van der Waals surface area contributed by atoms with Crippen LogP contribution in [0.15, 0.2) is 42.5 Å². The molecule has 21 heavy (non-hydrogen) atoms. The minimum atomic E-state index is -0.304. The lowest BCUT2D eigenvalue weighted by Gasteiger charge is -2.28. The summed E-state index contributed by atoms with van der Waals surface area (Å²) in [7, 11) is 0. The summed E-state index contributed by atoms with van der Waals surface area (Å²) in [5.41, 5.74) is 13.2. The van der Waals surface area contributed by atoms with E-state index in [1.807, 2.05) is 0 Å². The van der Waals surface area contributed by atoms with E-state index in [-0.39, 0.29) is 5.54 Å². The highest BCUT2D eigenvalue weighted by Crippen LogP contribution is 2.28. The van der Waals surface area contributed by atoms with Crippen LogP contribution < -0.4 is 5.73 Å². The fourth-order valence-corrected chi connectivity index (χ4v) is 3.32. The van der Waals surface area contributed by atoms with Gasteiger partial charge in [0.05, 0.1) is 0 Å². The maximum atomic E-state index is 6.64. The molecule has 1 nitrogen and oxygen atoms in total. The molecule has 0 bridgehead atoms. The molecule has 1 aliphatic rings. The second-order valence-electron chi connectivity index (χ2n) is 6.77. The van der Waals surface area contributed by atoms with Gasteiger partial charge in [0.2, 0.25) is 0 Å². The molecule has 1 aliphatic carbocycles. The second kappa shape index (κ2) is 5.65. The monoisotopic (exact) mass is 279 g/mol. The van der Waals surface area contributed by atoms with E-state index in [1.165, 1.54) is 53.5 Å². The van der Waals surface area contributed by atoms with Crippen molar-refractivity contribution in [1.29, 1.82) is 0 Å².